The van der Waals surface area contributed by atoms with Gasteiger partial charge in [0.15, 0.2) is 11.5 Å². The first kappa shape index (κ1) is 25.3. The molecule has 0 aliphatic carbocycles. The average Bonchev–Trinajstić information content (AvgIpc) is 3.43. The molecule has 3 aromatic heterocycles. The van der Waals surface area contributed by atoms with E-state index < -0.39 is 11.7 Å². The number of fused-ring (bicyclic) bond motifs is 1. The van der Waals surface area contributed by atoms with Crippen LogP contribution < -0.4 is 15.4 Å². The standard InChI is InChI=1S/C25H28FN9O3/c1-16-12-20(33(3)30-16)25(37)27-19-13-17(4-5-18(19)26)38-24-7-6-22-28-21(14-35(22)31-24)29-23(36)15-34-10-8-32(2)9-11-34/h4-7,12-14H,8-11,15H2,1-3H3,(H,27,37)(H,29,36). The van der Waals surface area contributed by atoms with Crippen LogP contribution in [0.15, 0.2) is 42.6 Å². The highest BCUT2D eigenvalue weighted by molar-refractivity contribution is 6.03. The van der Waals surface area contributed by atoms with E-state index in [1.54, 1.807) is 38.4 Å². The number of piperazine rings is 1. The molecule has 4 heterocycles. The summed E-state index contributed by atoms with van der Waals surface area (Å²) in [6, 6.07) is 8.92. The van der Waals surface area contributed by atoms with Crippen molar-refractivity contribution in [1.29, 1.82) is 0 Å². The van der Waals surface area contributed by atoms with Gasteiger partial charge in [0.2, 0.25) is 11.8 Å². The number of imidazole rings is 1. The van der Waals surface area contributed by atoms with Crippen LogP contribution >= 0.6 is 0 Å². The van der Waals surface area contributed by atoms with Gasteiger partial charge in [-0.05, 0) is 38.2 Å². The number of hydrogen-bond acceptors (Lipinski definition) is 8. The molecule has 0 saturated carbocycles. The van der Waals surface area contributed by atoms with Gasteiger partial charge in [0.25, 0.3) is 5.91 Å². The molecule has 0 unspecified atom stereocenters. The molecule has 1 aliphatic heterocycles. The third-order valence-corrected chi connectivity index (χ3v) is 6.17. The van der Waals surface area contributed by atoms with Gasteiger partial charge < -0.3 is 20.3 Å². The molecule has 2 N–H and O–H groups in total. The monoisotopic (exact) mass is 521 g/mol. The van der Waals surface area contributed by atoms with E-state index in [0.29, 0.717) is 29.4 Å². The minimum atomic E-state index is -0.612. The van der Waals surface area contributed by atoms with Crippen LogP contribution in [0.3, 0.4) is 0 Å². The van der Waals surface area contributed by atoms with Crippen LogP contribution in [0.4, 0.5) is 15.9 Å². The largest absolute Gasteiger partial charge is 0.438 e. The molecular formula is C25H28FN9O3. The Morgan fingerprint density at radius 2 is 1.82 bits per heavy atom. The van der Waals surface area contributed by atoms with Gasteiger partial charge in [0.1, 0.15) is 17.3 Å². The molecule has 12 nitrogen and oxygen atoms in total. The Kier molecular flexibility index (Phi) is 7.03. The first-order chi connectivity index (χ1) is 18.2. The number of aromatic nitrogens is 5. The molecule has 2 amide bonds. The lowest BCUT2D eigenvalue weighted by Gasteiger charge is -2.31. The third-order valence-electron chi connectivity index (χ3n) is 6.17. The molecule has 38 heavy (non-hydrogen) atoms. The minimum absolute atomic E-state index is 0.0413. The molecule has 0 atom stereocenters. The van der Waals surface area contributed by atoms with Crippen LogP contribution in [0.2, 0.25) is 0 Å². The second-order valence-corrected chi connectivity index (χ2v) is 9.22. The maximum absolute atomic E-state index is 14.4. The van der Waals surface area contributed by atoms with Gasteiger partial charge in [0.05, 0.1) is 24.1 Å². The molecule has 1 fully saturated rings. The lowest BCUT2D eigenvalue weighted by molar-refractivity contribution is -0.117. The fraction of sp³-hybridized carbons (Fsp3) is 0.320. The van der Waals surface area contributed by atoms with Gasteiger partial charge in [-0.1, -0.05) is 0 Å². The van der Waals surface area contributed by atoms with Crippen molar-refractivity contribution >= 4 is 29.0 Å². The summed E-state index contributed by atoms with van der Waals surface area (Å²) in [5.41, 5.74) is 1.45. The van der Waals surface area contributed by atoms with Gasteiger partial charge in [0, 0.05) is 45.4 Å². The number of carbonyl (C=O) groups excluding carboxylic acids is 2. The number of halogens is 1. The predicted octanol–water partition coefficient (Wildman–Crippen LogP) is 2.14. The number of aryl methyl sites for hydroxylation is 2. The second kappa shape index (κ2) is 10.6. The summed E-state index contributed by atoms with van der Waals surface area (Å²) in [6.07, 6.45) is 1.59. The third kappa shape index (κ3) is 5.79. The number of amides is 2. The first-order valence-electron chi connectivity index (χ1n) is 12.1. The lowest BCUT2D eigenvalue weighted by atomic mass is 10.2. The van der Waals surface area contributed by atoms with E-state index in [-0.39, 0.29) is 23.2 Å². The molecule has 1 aromatic carbocycles. The number of nitrogens with zero attached hydrogens (tertiary/aromatic N) is 7. The number of carbonyl (C=O) groups is 2. The van der Waals surface area contributed by atoms with Crippen molar-refractivity contribution in [3.05, 3.63) is 59.8 Å². The van der Waals surface area contributed by atoms with E-state index >= 15 is 0 Å². The summed E-state index contributed by atoms with van der Waals surface area (Å²) in [5, 5.41) is 13.9. The molecule has 0 radical (unpaired) electrons. The van der Waals surface area contributed by atoms with E-state index in [2.05, 4.69) is 42.7 Å². The highest BCUT2D eigenvalue weighted by atomic mass is 19.1. The Morgan fingerprint density at radius 1 is 1.03 bits per heavy atom. The fourth-order valence-electron chi connectivity index (χ4n) is 4.16. The van der Waals surface area contributed by atoms with E-state index in [1.165, 1.54) is 27.4 Å². The Morgan fingerprint density at radius 3 is 2.55 bits per heavy atom. The van der Waals surface area contributed by atoms with Gasteiger partial charge in [-0.25, -0.2) is 13.9 Å². The number of benzene rings is 1. The van der Waals surface area contributed by atoms with Crippen molar-refractivity contribution in [2.75, 3.05) is 50.4 Å². The van der Waals surface area contributed by atoms with Crippen LogP contribution in [-0.2, 0) is 11.8 Å². The summed E-state index contributed by atoms with van der Waals surface area (Å²) in [6.45, 7) is 5.61. The van der Waals surface area contributed by atoms with Crippen LogP contribution in [-0.4, -0.2) is 85.8 Å². The topological polar surface area (TPSA) is 122 Å². The Bertz CT molecular complexity index is 1490. The van der Waals surface area contributed by atoms with Gasteiger partial charge >= 0.3 is 0 Å². The summed E-state index contributed by atoms with van der Waals surface area (Å²) >= 11 is 0. The van der Waals surface area contributed by atoms with E-state index in [9.17, 15) is 14.0 Å². The van der Waals surface area contributed by atoms with E-state index in [1.807, 2.05) is 0 Å². The van der Waals surface area contributed by atoms with Crippen molar-refractivity contribution in [3.8, 4) is 11.6 Å². The Labute approximate surface area is 218 Å². The van der Waals surface area contributed by atoms with Crippen LogP contribution in [0.5, 0.6) is 11.6 Å². The van der Waals surface area contributed by atoms with Gasteiger partial charge in [-0.2, -0.15) is 5.10 Å². The van der Waals surface area contributed by atoms with Gasteiger partial charge in [-0.3, -0.25) is 19.2 Å². The molecular weight excluding hydrogens is 493 g/mol. The quantitative estimate of drug-likeness (QED) is 0.379. The molecule has 13 heteroatoms. The maximum Gasteiger partial charge on any atom is 0.274 e. The normalized spacial score (nSPS) is 14.5. The van der Waals surface area contributed by atoms with Crippen LogP contribution in [0.1, 0.15) is 16.2 Å². The van der Waals surface area contributed by atoms with Crippen LogP contribution in [0, 0.1) is 12.7 Å². The smallest absolute Gasteiger partial charge is 0.274 e. The van der Waals surface area contributed by atoms with Crippen molar-refractivity contribution in [2.45, 2.75) is 6.92 Å². The van der Waals surface area contributed by atoms with E-state index in [0.717, 1.165) is 26.2 Å². The Balaban J connectivity index is 1.24. The molecule has 198 valence electrons. The predicted molar refractivity (Wildman–Crippen MR) is 138 cm³/mol. The lowest BCUT2D eigenvalue weighted by Crippen LogP contribution is -2.47. The minimum Gasteiger partial charge on any atom is -0.438 e. The first-order valence-corrected chi connectivity index (χ1v) is 12.1. The second-order valence-electron chi connectivity index (χ2n) is 9.22. The zero-order valence-corrected chi connectivity index (χ0v) is 21.3. The van der Waals surface area contributed by atoms with Gasteiger partial charge in [-0.15, -0.1) is 5.10 Å². The summed E-state index contributed by atoms with van der Waals surface area (Å²) in [4.78, 5) is 33.8. The van der Waals surface area contributed by atoms with Crippen molar-refractivity contribution in [2.24, 2.45) is 7.05 Å². The number of rotatable bonds is 7. The highest BCUT2D eigenvalue weighted by Crippen LogP contribution is 2.26. The molecule has 1 aliphatic rings. The summed E-state index contributed by atoms with van der Waals surface area (Å²) in [7, 11) is 3.71. The number of anilines is 2. The number of likely N-dealkylation sites (N-methyl/N-ethyl adjacent to an activating group) is 1. The number of hydrogen-bond donors (Lipinski definition) is 2. The van der Waals surface area contributed by atoms with E-state index in [4.69, 9.17) is 4.74 Å². The number of ether oxygens (including phenoxy) is 1. The average molecular weight is 522 g/mol. The zero-order valence-electron chi connectivity index (χ0n) is 21.3. The zero-order chi connectivity index (χ0) is 26.8. The number of nitrogens with one attached hydrogen (secondary N) is 2. The summed E-state index contributed by atoms with van der Waals surface area (Å²) in [5.74, 6) is -0.377. The Hall–Kier alpha value is -4.36. The molecule has 1 saturated heterocycles. The fourth-order valence-corrected chi connectivity index (χ4v) is 4.16. The molecule has 0 bridgehead atoms. The maximum atomic E-state index is 14.4. The van der Waals surface area contributed by atoms with Crippen LogP contribution in [0.25, 0.3) is 5.65 Å². The van der Waals surface area contributed by atoms with Crippen molar-refractivity contribution < 1.29 is 18.7 Å². The molecule has 0 spiro atoms. The van der Waals surface area contributed by atoms with Crippen molar-refractivity contribution in [1.82, 2.24) is 34.2 Å². The molecule has 4 aromatic rings. The summed E-state index contributed by atoms with van der Waals surface area (Å²) < 4.78 is 23.1. The highest BCUT2D eigenvalue weighted by Gasteiger charge is 2.18. The SMILES string of the molecule is Cc1cc(C(=O)Nc2cc(Oc3ccc4nc(NC(=O)CN5CCN(C)CC5)cn4n3)ccc2F)n(C)n1. The van der Waals surface area contributed by atoms with Crippen molar-refractivity contribution in [3.63, 3.8) is 0 Å². The molecule has 5 rings (SSSR count).